The summed E-state index contributed by atoms with van der Waals surface area (Å²) in [6.07, 6.45) is -0.612. The fraction of sp³-hybridized carbons (Fsp3) is 0.435. The van der Waals surface area contributed by atoms with E-state index in [0.29, 0.717) is 4.48 Å². The van der Waals surface area contributed by atoms with Crippen molar-refractivity contribution in [1.82, 2.24) is 10.2 Å². The number of carbonyl (C=O) groups is 2. The second kappa shape index (κ2) is 11.4. The van der Waals surface area contributed by atoms with Crippen molar-refractivity contribution in [2.75, 3.05) is 58.4 Å². The summed E-state index contributed by atoms with van der Waals surface area (Å²) in [5.41, 5.74) is 3.06. The van der Waals surface area contributed by atoms with Gasteiger partial charge in [0.1, 0.15) is 17.4 Å². The summed E-state index contributed by atoms with van der Waals surface area (Å²) in [4.78, 5) is 31.9. The van der Waals surface area contributed by atoms with Crippen LogP contribution < -0.4 is 34.6 Å². The summed E-state index contributed by atoms with van der Waals surface area (Å²) in [6.45, 7) is 7.34. The Kier molecular flexibility index (Phi) is 8.77. The zero-order valence-electron chi connectivity index (χ0n) is 19.6. The molecule has 184 valence electrons. The average molecular weight is 599 g/mol. The van der Waals surface area contributed by atoms with Crippen LogP contribution in [0.4, 0.5) is 21.2 Å². The number of hydrogen-bond acceptors (Lipinski definition) is 8. The van der Waals surface area contributed by atoms with Crippen LogP contribution >= 0.6 is 11.3 Å². The lowest BCUT2D eigenvalue weighted by Gasteiger charge is -2.42. The molecule has 1 aromatic carbocycles. The Balaban J connectivity index is 0.00000324. The van der Waals surface area contributed by atoms with Gasteiger partial charge in [-0.25, -0.2) is 9.79 Å². The number of halogens is 1. The number of rotatable bonds is 5. The topological polar surface area (TPSA) is 92.3 Å². The summed E-state index contributed by atoms with van der Waals surface area (Å²) in [6, 6.07) is 10.3. The lowest BCUT2D eigenvalue weighted by atomic mass is 10.2. The molecule has 2 aliphatic rings. The molecule has 11 heteroatoms. The molecule has 2 aliphatic heterocycles. The van der Waals surface area contributed by atoms with Crippen LogP contribution in [-0.2, 0) is 14.3 Å². The quantitative estimate of drug-likeness (QED) is 0.290. The molecule has 0 spiro atoms. The van der Waals surface area contributed by atoms with Crippen molar-refractivity contribution < 1.29 is 47.5 Å². The van der Waals surface area contributed by atoms with Crippen LogP contribution in [0.3, 0.4) is 0 Å². The summed E-state index contributed by atoms with van der Waals surface area (Å²) < 4.78 is 10.8. The van der Waals surface area contributed by atoms with Gasteiger partial charge in [-0.3, -0.25) is 9.28 Å². The van der Waals surface area contributed by atoms with Gasteiger partial charge >= 0.3 is 12.1 Å². The summed E-state index contributed by atoms with van der Waals surface area (Å²) in [5, 5.41) is 7.09. The number of alkyl carbamates (subject to hydrolysis) is 1. The highest BCUT2D eigenvalue weighted by Gasteiger charge is 2.33. The van der Waals surface area contributed by atoms with E-state index in [0.717, 1.165) is 54.0 Å². The Labute approximate surface area is 220 Å². The SMILES string of the molecule is CCOC(=O)CNC(=O)OC[N+]1(C)CCN(C2=Nc3ccccc3Nc3sc(C)cc32)CC1.[I-]. The van der Waals surface area contributed by atoms with Gasteiger partial charge in [0.25, 0.3) is 0 Å². The van der Waals surface area contributed by atoms with Crippen LogP contribution in [0.1, 0.15) is 17.4 Å². The van der Waals surface area contributed by atoms with Crippen LogP contribution in [0.5, 0.6) is 0 Å². The lowest BCUT2D eigenvalue weighted by molar-refractivity contribution is -0.928. The van der Waals surface area contributed by atoms with E-state index in [9.17, 15) is 9.59 Å². The maximum absolute atomic E-state index is 12.0. The van der Waals surface area contributed by atoms with Crippen molar-refractivity contribution >= 4 is 45.6 Å². The molecule has 0 bridgehead atoms. The molecule has 1 fully saturated rings. The van der Waals surface area contributed by atoms with Gasteiger partial charge < -0.3 is 49.0 Å². The number of quaternary nitrogens is 1. The van der Waals surface area contributed by atoms with E-state index < -0.39 is 12.1 Å². The smallest absolute Gasteiger partial charge is 0.411 e. The molecule has 2 N–H and O–H groups in total. The molecule has 4 rings (SSSR count). The van der Waals surface area contributed by atoms with Crippen molar-refractivity contribution in [1.29, 1.82) is 0 Å². The number of esters is 1. The Morgan fingerprint density at radius 3 is 2.71 bits per heavy atom. The van der Waals surface area contributed by atoms with Crippen molar-refractivity contribution in [3.8, 4) is 0 Å². The number of nitrogens with one attached hydrogen (secondary N) is 2. The number of amides is 1. The number of likely N-dealkylation sites (N-methyl/N-ethyl adjacent to an activating group) is 1. The molecule has 1 amide bonds. The number of hydrogen-bond donors (Lipinski definition) is 2. The van der Waals surface area contributed by atoms with Gasteiger partial charge in [0, 0.05) is 4.88 Å². The number of anilines is 2. The highest BCUT2D eigenvalue weighted by atomic mass is 127. The number of fused-ring (bicyclic) bond motifs is 2. The molecular formula is C23H30IN5O4S. The van der Waals surface area contributed by atoms with E-state index in [1.165, 1.54) is 4.88 Å². The minimum absolute atomic E-state index is 0. The molecule has 34 heavy (non-hydrogen) atoms. The second-order valence-electron chi connectivity index (χ2n) is 8.45. The van der Waals surface area contributed by atoms with Gasteiger partial charge in [0.15, 0.2) is 0 Å². The number of para-hydroxylation sites is 2. The van der Waals surface area contributed by atoms with Gasteiger partial charge in [-0.2, -0.15) is 0 Å². The highest BCUT2D eigenvalue weighted by molar-refractivity contribution is 7.16. The number of piperazine rings is 1. The molecule has 3 heterocycles. The zero-order chi connectivity index (χ0) is 23.4. The molecule has 0 unspecified atom stereocenters. The first-order valence-corrected chi connectivity index (χ1v) is 11.9. The molecule has 0 radical (unpaired) electrons. The third-order valence-corrected chi connectivity index (χ3v) is 6.75. The number of ether oxygens (including phenoxy) is 2. The number of aryl methyl sites for hydroxylation is 1. The average Bonchev–Trinajstić information content (AvgIpc) is 3.09. The van der Waals surface area contributed by atoms with Crippen LogP contribution in [-0.4, -0.2) is 80.4 Å². The predicted molar refractivity (Wildman–Crippen MR) is 128 cm³/mol. The number of aliphatic imine (C=N–C) groups is 1. The molecule has 2 aromatic rings. The van der Waals surface area contributed by atoms with E-state index in [2.05, 4.69) is 41.6 Å². The summed E-state index contributed by atoms with van der Waals surface area (Å²) >= 11 is 1.74. The molecule has 1 saturated heterocycles. The molecule has 0 aliphatic carbocycles. The third kappa shape index (κ3) is 6.19. The Morgan fingerprint density at radius 1 is 1.24 bits per heavy atom. The molecule has 0 saturated carbocycles. The minimum atomic E-state index is -0.612. The number of benzene rings is 1. The number of nitrogens with zero attached hydrogens (tertiary/aromatic N) is 3. The predicted octanol–water partition coefficient (Wildman–Crippen LogP) is 0.205. The molecule has 1 aromatic heterocycles. The Morgan fingerprint density at radius 2 is 1.97 bits per heavy atom. The normalized spacial score (nSPS) is 16.0. The molecule has 0 atom stereocenters. The number of thiophene rings is 1. The van der Waals surface area contributed by atoms with Gasteiger partial charge in [0.2, 0.25) is 6.73 Å². The lowest BCUT2D eigenvalue weighted by Crippen LogP contribution is -3.00. The van der Waals surface area contributed by atoms with Crippen LogP contribution in [0.15, 0.2) is 35.3 Å². The standard InChI is InChI=1S/C23H29N5O4S.HI/c1-4-31-20(29)14-24-23(30)32-15-28(3)11-9-27(10-12-28)21-17-13-16(2)33-22(17)26-19-8-6-5-7-18(19)25-21;/h5-8,13H,4,9-12,14-15H2,1-3H3,(H-,24,25,26,30);1H. The van der Waals surface area contributed by atoms with Gasteiger partial charge in [0.05, 0.1) is 56.8 Å². The van der Waals surface area contributed by atoms with E-state index >= 15 is 0 Å². The third-order valence-electron chi connectivity index (χ3n) is 5.78. The van der Waals surface area contributed by atoms with E-state index in [4.69, 9.17) is 14.5 Å². The van der Waals surface area contributed by atoms with E-state index in [-0.39, 0.29) is 43.9 Å². The van der Waals surface area contributed by atoms with E-state index in [1.807, 2.05) is 18.2 Å². The first kappa shape index (κ1) is 26.2. The summed E-state index contributed by atoms with van der Waals surface area (Å²) in [7, 11) is 2.07. The van der Waals surface area contributed by atoms with Crippen LogP contribution in [0, 0.1) is 6.92 Å². The minimum Gasteiger partial charge on any atom is -1.00 e. The Bertz CT molecular complexity index is 1070. The van der Waals surface area contributed by atoms with Crippen molar-refractivity contribution in [2.24, 2.45) is 4.99 Å². The fourth-order valence-corrected chi connectivity index (χ4v) is 4.82. The van der Waals surface area contributed by atoms with Crippen molar-refractivity contribution in [3.63, 3.8) is 0 Å². The Hall–Kier alpha value is -2.38. The first-order valence-electron chi connectivity index (χ1n) is 11.1. The van der Waals surface area contributed by atoms with Crippen molar-refractivity contribution in [3.05, 3.63) is 40.8 Å². The van der Waals surface area contributed by atoms with Gasteiger partial charge in [-0.1, -0.05) is 12.1 Å². The summed E-state index contributed by atoms with van der Waals surface area (Å²) in [5.74, 6) is 0.498. The maximum atomic E-state index is 12.0. The van der Waals surface area contributed by atoms with Crippen molar-refractivity contribution in [2.45, 2.75) is 13.8 Å². The van der Waals surface area contributed by atoms with Crippen LogP contribution in [0.2, 0.25) is 0 Å². The zero-order valence-corrected chi connectivity index (χ0v) is 22.6. The number of carbonyl (C=O) groups excluding carboxylic acids is 2. The van der Waals surface area contributed by atoms with Crippen LogP contribution in [0.25, 0.3) is 0 Å². The van der Waals surface area contributed by atoms with Gasteiger partial charge in [-0.15, -0.1) is 11.3 Å². The molecular weight excluding hydrogens is 569 g/mol. The first-order chi connectivity index (χ1) is 15.9. The monoisotopic (exact) mass is 599 g/mol. The number of amidine groups is 1. The largest absolute Gasteiger partial charge is 1.00 e. The second-order valence-corrected chi connectivity index (χ2v) is 9.71. The molecule has 9 nitrogen and oxygen atoms in total. The fourth-order valence-electron chi connectivity index (χ4n) is 3.90. The van der Waals surface area contributed by atoms with Gasteiger partial charge in [-0.05, 0) is 32.0 Å². The maximum Gasteiger partial charge on any atom is 0.411 e. The highest BCUT2D eigenvalue weighted by Crippen LogP contribution is 2.39. The van der Waals surface area contributed by atoms with E-state index in [1.54, 1.807) is 18.3 Å².